The van der Waals surface area contributed by atoms with Crippen LogP contribution >= 0.6 is 23.2 Å². The molecule has 1 unspecified atom stereocenters. The number of piperidine rings is 1. The Bertz CT molecular complexity index is 499. The molecule has 1 heterocycles. The number of carbonyl (C=O) groups excluding carboxylic acids is 2. The number of nitrogens with two attached hydrogens (primary N) is 1. The van der Waals surface area contributed by atoms with E-state index < -0.39 is 0 Å². The highest BCUT2D eigenvalue weighted by Gasteiger charge is 2.27. The number of halogens is 2. The molecular weight excluding hydrogens is 287 g/mol. The van der Waals surface area contributed by atoms with E-state index in [9.17, 15) is 9.59 Å². The lowest BCUT2D eigenvalue weighted by Gasteiger charge is -2.31. The second kappa shape index (κ2) is 5.80. The van der Waals surface area contributed by atoms with E-state index in [1.165, 1.54) is 0 Å². The third-order valence-electron chi connectivity index (χ3n) is 3.22. The molecule has 0 aliphatic carbocycles. The van der Waals surface area contributed by atoms with Crippen molar-refractivity contribution in [2.45, 2.75) is 12.8 Å². The lowest BCUT2D eigenvalue weighted by Crippen LogP contribution is -2.44. The van der Waals surface area contributed by atoms with Crippen LogP contribution in [-0.4, -0.2) is 29.8 Å². The SMILES string of the molecule is NC(=O)C1CCCN(C(=O)c2cc(Cl)cc(Cl)c2)C1. The number of rotatable bonds is 2. The van der Waals surface area contributed by atoms with Crippen LogP contribution in [0.15, 0.2) is 18.2 Å². The van der Waals surface area contributed by atoms with Crippen LogP contribution in [0.25, 0.3) is 0 Å². The summed E-state index contributed by atoms with van der Waals surface area (Å²) >= 11 is 11.8. The first kappa shape index (κ1) is 14.2. The van der Waals surface area contributed by atoms with E-state index in [0.29, 0.717) is 28.7 Å². The van der Waals surface area contributed by atoms with Gasteiger partial charge in [-0.05, 0) is 31.0 Å². The molecule has 0 radical (unpaired) electrons. The lowest BCUT2D eigenvalue weighted by atomic mass is 9.97. The number of nitrogens with zero attached hydrogens (tertiary/aromatic N) is 1. The van der Waals surface area contributed by atoms with E-state index in [1.54, 1.807) is 23.1 Å². The van der Waals surface area contributed by atoms with Gasteiger partial charge in [0.05, 0.1) is 5.92 Å². The first-order valence-corrected chi connectivity index (χ1v) is 6.77. The fraction of sp³-hybridized carbons (Fsp3) is 0.385. The molecule has 6 heteroatoms. The van der Waals surface area contributed by atoms with Gasteiger partial charge < -0.3 is 10.6 Å². The number of benzene rings is 1. The van der Waals surface area contributed by atoms with E-state index in [-0.39, 0.29) is 17.7 Å². The Morgan fingerprint density at radius 1 is 1.21 bits per heavy atom. The topological polar surface area (TPSA) is 63.4 Å². The molecule has 1 aromatic carbocycles. The van der Waals surface area contributed by atoms with Crippen LogP contribution in [0, 0.1) is 5.92 Å². The van der Waals surface area contributed by atoms with Gasteiger partial charge in [-0.1, -0.05) is 23.2 Å². The average Bonchev–Trinajstić information content (AvgIpc) is 2.37. The van der Waals surface area contributed by atoms with Crippen molar-refractivity contribution in [1.29, 1.82) is 0 Å². The third-order valence-corrected chi connectivity index (χ3v) is 3.66. The minimum Gasteiger partial charge on any atom is -0.369 e. The molecule has 1 saturated heterocycles. The minimum atomic E-state index is -0.360. The molecule has 1 aliphatic rings. The molecule has 0 aromatic heterocycles. The summed E-state index contributed by atoms with van der Waals surface area (Å²) in [6, 6.07) is 4.72. The summed E-state index contributed by atoms with van der Waals surface area (Å²) in [5.41, 5.74) is 5.73. The van der Waals surface area contributed by atoms with Gasteiger partial charge in [-0.25, -0.2) is 0 Å². The molecular formula is C13H14Cl2N2O2. The number of amides is 2. The van der Waals surface area contributed by atoms with E-state index >= 15 is 0 Å². The Balaban J connectivity index is 2.16. The molecule has 1 aliphatic heterocycles. The van der Waals surface area contributed by atoms with Gasteiger partial charge in [0.15, 0.2) is 0 Å². The number of likely N-dealkylation sites (tertiary alicyclic amines) is 1. The summed E-state index contributed by atoms with van der Waals surface area (Å²) in [6.45, 7) is 0.977. The molecule has 1 fully saturated rings. The Morgan fingerprint density at radius 3 is 2.42 bits per heavy atom. The predicted octanol–water partition coefficient (Wildman–Crippen LogP) is 2.33. The van der Waals surface area contributed by atoms with Gasteiger partial charge in [-0.2, -0.15) is 0 Å². The summed E-state index contributed by atoms with van der Waals surface area (Å²) in [4.78, 5) is 25.2. The zero-order valence-corrected chi connectivity index (χ0v) is 11.7. The summed E-state index contributed by atoms with van der Waals surface area (Å²) < 4.78 is 0. The van der Waals surface area contributed by atoms with Crippen LogP contribution < -0.4 is 5.73 Å². The first-order valence-electron chi connectivity index (χ1n) is 6.02. The van der Waals surface area contributed by atoms with Crippen molar-refractivity contribution in [3.8, 4) is 0 Å². The minimum absolute atomic E-state index is 0.171. The summed E-state index contributed by atoms with van der Waals surface area (Å²) in [5, 5.41) is 0.832. The summed E-state index contributed by atoms with van der Waals surface area (Å²) in [5.74, 6) is -0.802. The van der Waals surface area contributed by atoms with Crippen molar-refractivity contribution >= 4 is 35.0 Å². The van der Waals surface area contributed by atoms with Crippen molar-refractivity contribution in [3.05, 3.63) is 33.8 Å². The molecule has 19 heavy (non-hydrogen) atoms. The molecule has 4 nitrogen and oxygen atoms in total. The van der Waals surface area contributed by atoms with Crippen molar-refractivity contribution in [2.24, 2.45) is 11.7 Å². The average molecular weight is 301 g/mol. The zero-order valence-electron chi connectivity index (χ0n) is 10.2. The molecule has 0 saturated carbocycles. The summed E-state index contributed by atoms with van der Waals surface area (Å²) in [6.07, 6.45) is 1.50. The van der Waals surface area contributed by atoms with Gasteiger partial charge in [-0.15, -0.1) is 0 Å². The normalized spacial score (nSPS) is 19.3. The third kappa shape index (κ3) is 3.39. The zero-order chi connectivity index (χ0) is 14.0. The fourth-order valence-corrected chi connectivity index (χ4v) is 2.78. The Labute approximate surface area is 121 Å². The van der Waals surface area contributed by atoms with Gasteiger partial charge in [0.2, 0.25) is 5.91 Å². The van der Waals surface area contributed by atoms with Crippen LogP contribution in [0.2, 0.25) is 10.0 Å². The van der Waals surface area contributed by atoms with Gasteiger partial charge in [-0.3, -0.25) is 9.59 Å². The summed E-state index contributed by atoms with van der Waals surface area (Å²) in [7, 11) is 0. The standard InChI is InChI=1S/C13H14Cl2N2O2/c14-10-4-9(5-11(15)6-10)13(19)17-3-1-2-8(7-17)12(16)18/h4-6,8H,1-3,7H2,(H2,16,18). The predicted molar refractivity (Wildman–Crippen MR) is 74.3 cm³/mol. The van der Waals surface area contributed by atoms with E-state index in [4.69, 9.17) is 28.9 Å². The van der Waals surface area contributed by atoms with Gasteiger partial charge in [0.1, 0.15) is 0 Å². The number of hydrogen-bond donors (Lipinski definition) is 1. The molecule has 1 atom stereocenters. The van der Waals surface area contributed by atoms with E-state index in [0.717, 1.165) is 12.8 Å². The van der Waals surface area contributed by atoms with Crippen LogP contribution in [0.5, 0.6) is 0 Å². The molecule has 2 N–H and O–H groups in total. The second-order valence-electron chi connectivity index (χ2n) is 4.65. The van der Waals surface area contributed by atoms with Gasteiger partial charge in [0.25, 0.3) is 5.91 Å². The van der Waals surface area contributed by atoms with Crippen molar-refractivity contribution < 1.29 is 9.59 Å². The highest BCUT2D eigenvalue weighted by molar-refractivity contribution is 6.35. The molecule has 2 amide bonds. The fourth-order valence-electron chi connectivity index (χ4n) is 2.25. The Morgan fingerprint density at radius 2 is 1.84 bits per heavy atom. The number of carbonyl (C=O) groups is 2. The maximum absolute atomic E-state index is 12.3. The van der Waals surface area contributed by atoms with Crippen LogP contribution in [0.1, 0.15) is 23.2 Å². The maximum Gasteiger partial charge on any atom is 0.253 e. The monoisotopic (exact) mass is 300 g/mol. The van der Waals surface area contributed by atoms with Gasteiger partial charge >= 0.3 is 0 Å². The highest BCUT2D eigenvalue weighted by atomic mass is 35.5. The van der Waals surface area contributed by atoms with Crippen LogP contribution in [-0.2, 0) is 4.79 Å². The first-order chi connectivity index (χ1) is 8.97. The number of primary amides is 1. The Kier molecular flexibility index (Phi) is 4.32. The highest BCUT2D eigenvalue weighted by Crippen LogP contribution is 2.23. The molecule has 102 valence electrons. The molecule has 0 spiro atoms. The largest absolute Gasteiger partial charge is 0.369 e. The van der Waals surface area contributed by atoms with Crippen molar-refractivity contribution in [1.82, 2.24) is 4.90 Å². The van der Waals surface area contributed by atoms with Crippen LogP contribution in [0.3, 0.4) is 0 Å². The van der Waals surface area contributed by atoms with Crippen molar-refractivity contribution in [2.75, 3.05) is 13.1 Å². The molecule has 1 aromatic rings. The molecule has 2 rings (SSSR count). The second-order valence-corrected chi connectivity index (χ2v) is 5.52. The van der Waals surface area contributed by atoms with Crippen LogP contribution in [0.4, 0.5) is 0 Å². The molecule has 0 bridgehead atoms. The number of hydrogen-bond acceptors (Lipinski definition) is 2. The lowest BCUT2D eigenvalue weighted by molar-refractivity contribution is -0.123. The maximum atomic E-state index is 12.3. The van der Waals surface area contributed by atoms with Crippen molar-refractivity contribution in [3.63, 3.8) is 0 Å². The van der Waals surface area contributed by atoms with E-state index in [2.05, 4.69) is 0 Å². The smallest absolute Gasteiger partial charge is 0.253 e. The quantitative estimate of drug-likeness (QED) is 0.911. The Hall–Kier alpha value is -1.26. The van der Waals surface area contributed by atoms with E-state index in [1.807, 2.05) is 0 Å². The van der Waals surface area contributed by atoms with Gasteiger partial charge in [0, 0.05) is 28.7 Å².